The Balaban J connectivity index is 2.75. The van der Waals surface area contributed by atoms with Gasteiger partial charge in [0.25, 0.3) is 0 Å². The third-order valence-electron chi connectivity index (χ3n) is 0.494. The van der Waals surface area contributed by atoms with E-state index in [-0.39, 0.29) is 0 Å². The van der Waals surface area contributed by atoms with E-state index in [9.17, 15) is 0 Å². The van der Waals surface area contributed by atoms with Gasteiger partial charge in [0.2, 0.25) is 0 Å². The van der Waals surface area contributed by atoms with Crippen LogP contribution in [0.5, 0.6) is 0 Å². The van der Waals surface area contributed by atoms with E-state index in [4.69, 9.17) is 0 Å². The van der Waals surface area contributed by atoms with Crippen molar-refractivity contribution in [1.82, 2.24) is 0 Å². The van der Waals surface area contributed by atoms with Crippen LogP contribution in [0, 0.1) is 0 Å². The zero-order valence-corrected chi connectivity index (χ0v) is 7.81. The van der Waals surface area contributed by atoms with Crippen molar-refractivity contribution in [3.05, 3.63) is 0 Å². The van der Waals surface area contributed by atoms with Crippen LogP contribution in [0.25, 0.3) is 0 Å². The zero-order chi connectivity index (χ0) is 4.99. The van der Waals surface area contributed by atoms with Crippen LogP contribution in [0.2, 0.25) is 0 Å². The molecule has 0 radical (unpaired) electrons. The van der Waals surface area contributed by atoms with Gasteiger partial charge in [0.15, 0.2) is 0 Å². The Hall–Kier alpha value is 1.43. The fourth-order valence-electron chi connectivity index (χ4n) is 0.0488. The Labute approximate surface area is 54.1 Å². The predicted molar refractivity (Wildman–Crippen MR) is 47.1 cm³/mol. The molecule has 0 saturated carbocycles. The Morgan fingerprint density at radius 2 is 2.33 bits per heavy atom. The van der Waals surface area contributed by atoms with Crippen molar-refractivity contribution < 1.29 is 0 Å². The second-order valence-corrected chi connectivity index (χ2v) is 13.1. The van der Waals surface area contributed by atoms with Gasteiger partial charge in [0.05, 0.1) is 0 Å². The number of rotatable bonds is 2. The summed E-state index contributed by atoms with van der Waals surface area (Å²) in [5, 5.41) is 0. The molecule has 0 atom stereocenters. The molecule has 0 aliphatic heterocycles. The van der Waals surface area contributed by atoms with Crippen LogP contribution < -0.4 is 0 Å². The molecule has 0 rings (SSSR count). The second-order valence-electron chi connectivity index (χ2n) is 0.867. The van der Waals surface area contributed by atoms with Crippen molar-refractivity contribution in [2.45, 2.75) is 6.92 Å². The van der Waals surface area contributed by atoms with E-state index in [0.29, 0.717) is 0 Å². The third kappa shape index (κ3) is 3.61. The van der Waals surface area contributed by atoms with Crippen LogP contribution in [0.3, 0.4) is 0 Å². The number of alkyl halides is 2. The minimum absolute atomic E-state index is 0.520. The number of hydrogen-bond donors (Lipinski definition) is 1. The molecule has 6 heavy (non-hydrogen) atoms. The summed E-state index contributed by atoms with van der Waals surface area (Å²) in [4.78, 5) is 2.32. The summed E-state index contributed by atoms with van der Waals surface area (Å²) in [7, 11) is 1.78. The monoisotopic (exact) mass is 236 g/mol. The van der Waals surface area contributed by atoms with Crippen LogP contribution in [-0.4, -0.2) is 9.36 Å². The van der Waals surface area contributed by atoms with Gasteiger partial charge in [-0.3, -0.25) is 0 Å². The van der Waals surface area contributed by atoms with Gasteiger partial charge >= 0.3 is 54.3 Å². The van der Waals surface area contributed by atoms with E-state index in [1.165, 1.54) is 4.43 Å². The van der Waals surface area contributed by atoms with Gasteiger partial charge in [-0.15, -0.1) is 0 Å². The number of thiol groups is 1. The van der Waals surface area contributed by atoms with Crippen LogP contribution in [0.1, 0.15) is 6.92 Å². The van der Waals surface area contributed by atoms with Crippen molar-refractivity contribution in [2.24, 2.45) is 0 Å². The van der Waals surface area contributed by atoms with E-state index in [1.54, 1.807) is 7.97 Å². The molecule has 0 bridgehead atoms. The fraction of sp³-hybridized carbons (Fsp3) is 1.00. The third-order valence-corrected chi connectivity index (χ3v) is 11.1. The van der Waals surface area contributed by atoms with Crippen molar-refractivity contribution in [1.29, 1.82) is 0 Å². The maximum absolute atomic E-state index is 4.08. The molecule has 0 fully saturated rings. The molecule has 0 aromatic carbocycles. The molecule has 0 unspecified atom stereocenters. The molecule has 0 aliphatic carbocycles. The van der Waals surface area contributed by atoms with E-state index in [2.05, 4.69) is 23.5 Å². The molecule has 0 saturated heterocycles. The maximum atomic E-state index is 4.08. The summed E-state index contributed by atoms with van der Waals surface area (Å²) in [6, 6.07) is 0. The SMILES string of the molecule is CCI(C)SS. The van der Waals surface area contributed by atoms with E-state index in [0.717, 1.165) is 0 Å². The van der Waals surface area contributed by atoms with Gasteiger partial charge in [-0.25, -0.2) is 0 Å². The first-order chi connectivity index (χ1) is 2.81. The predicted octanol–water partition coefficient (Wildman–Crippen LogP) is 2.64. The van der Waals surface area contributed by atoms with Crippen molar-refractivity contribution in [3.8, 4) is 0 Å². The van der Waals surface area contributed by atoms with Gasteiger partial charge in [0.1, 0.15) is 0 Å². The topological polar surface area (TPSA) is 0 Å². The van der Waals surface area contributed by atoms with E-state index in [1.807, 2.05) is 0 Å². The van der Waals surface area contributed by atoms with Crippen LogP contribution >= 0.6 is 38.1 Å². The van der Waals surface area contributed by atoms with Crippen LogP contribution in [-0.2, 0) is 0 Å². The molecule has 0 N–H and O–H groups in total. The first-order valence-corrected chi connectivity index (χ1v) is 9.78. The average Bonchev–Trinajstić information content (AvgIpc) is 1.65. The van der Waals surface area contributed by atoms with Crippen molar-refractivity contribution in [2.75, 3.05) is 9.36 Å². The molecule has 0 heterocycles. The van der Waals surface area contributed by atoms with Crippen LogP contribution in [0.15, 0.2) is 0 Å². The minimum atomic E-state index is -0.520. The summed E-state index contributed by atoms with van der Waals surface area (Å²) in [6.07, 6.45) is 0. The molecule has 3 heteroatoms. The summed E-state index contributed by atoms with van der Waals surface area (Å²) in [5.74, 6) is 0. The second kappa shape index (κ2) is 4.59. The Bertz CT molecular complexity index is 28.0. The Kier molecular flexibility index (Phi) is 5.68. The molecule has 40 valence electrons. The quantitative estimate of drug-likeness (QED) is 0.333. The summed E-state index contributed by atoms with van der Waals surface area (Å²) < 4.78 is 1.37. The fourth-order valence-corrected chi connectivity index (χ4v) is 2.95. The normalized spacial score (nSPS) is 11.5. The Morgan fingerprint density at radius 1 is 1.83 bits per heavy atom. The van der Waals surface area contributed by atoms with E-state index >= 15 is 0 Å². The molecule has 0 aromatic rings. The molecule has 0 aromatic heterocycles. The molecule has 0 nitrogen and oxygen atoms in total. The Morgan fingerprint density at radius 3 is 2.33 bits per heavy atom. The van der Waals surface area contributed by atoms with Gasteiger partial charge in [-0.05, 0) is 0 Å². The van der Waals surface area contributed by atoms with Crippen molar-refractivity contribution in [3.63, 3.8) is 0 Å². The molecule has 0 aliphatic rings. The van der Waals surface area contributed by atoms with Gasteiger partial charge in [0, 0.05) is 0 Å². The number of hydrogen-bond acceptors (Lipinski definition) is 2. The van der Waals surface area contributed by atoms with Crippen molar-refractivity contribution >= 4 is 38.1 Å². The molecule has 0 spiro atoms. The first kappa shape index (κ1) is 7.43. The van der Waals surface area contributed by atoms with Gasteiger partial charge < -0.3 is 0 Å². The summed E-state index contributed by atoms with van der Waals surface area (Å²) in [5.41, 5.74) is 0. The molecular formula is C3H9IS2. The van der Waals surface area contributed by atoms with Gasteiger partial charge in [-0.2, -0.15) is 0 Å². The summed E-state index contributed by atoms with van der Waals surface area (Å²) in [6.45, 7) is 2.23. The molecular weight excluding hydrogens is 227 g/mol. The zero-order valence-electron chi connectivity index (χ0n) is 3.94. The summed E-state index contributed by atoms with van der Waals surface area (Å²) >= 11 is 3.56. The van der Waals surface area contributed by atoms with E-state index < -0.39 is 18.4 Å². The average molecular weight is 236 g/mol. The first-order valence-electron chi connectivity index (χ1n) is 1.69. The van der Waals surface area contributed by atoms with Gasteiger partial charge in [-0.1, -0.05) is 0 Å². The number of halogens is 1. The standard InChI is InChI=1S/C3H9IS2/c1-3-4(2)6-5/h5H,3H2,1-2H3. The van der Waals surface area contributed by atoms with Crippen LogP contribution in [0.4, 0.5) is 0 Å². The molecule has 0 amide bonds.